The molecular formula is C26H48O4Si. The van der Waals surface area contributed by atoms with Gasteiger partial charge < -0.3 is 19.7 Å². The Balaban J connectivity index is 1.88. The van der Waals surface area contributed by atoms with Crippen molar-refractivity contribution in [2.24, 2.45) is 0 Å². The van der Waals surface area contributed by atoms with Crippen molar-refractivity contribution in [3.63, 3.8) is 0 Å². The van der Waals surface area contributed by atoms with Crippen molar-refractivity contribution in [2.75, 3.05) is 6.61 Å². The number of unbranched alkanes of at least 4 members (excludes halogenated alkanes) is 7. The van der Waals surface area contributed by atoms with Crippen molar-refractivity contribution in [1.82, 2.24) is 0 Å². The lowest BCUT2D eigenvalue weighted by Crippen LogP contribution is -2.43. The third-order valence-electron chi connectivity index (χ3n) is 6.79. The van der Waals surface area contributed by atoms with Gasteiger partial charge >= 0.3 is 0 Å². The van der Waals surface area contributed by atoms with Crippen LogP contribution >= 0.6 is 0 Å². The lowest BCUT2D eigenvalue weighted by molar-refractivity contribution is -0.148. The SMILES string of the molecule is CCCCCCCCCC[C@@H](O)[C@@]1(CC#C[Si](C)(C)C)CC[C@H]([C@H]2CC[C@H](CO)O2)O1. The fourth-order valence-electron chi connectivity index (χ4n) is 4.90. The van der Waals surface area contributed by atoms with Gasteiger partial charge in [0, 0.05) is 6.42 Å². The molecule has 2 aliphatic heterocycles. The Hall–Kier alpha value is -0.383. The van der Waals surface area contributed by atoms with E-state index in [1.54, 1.807) is 0 Å². The number of hydrogen-bond acceptors (Lipinski definition) is 4. The van der Waals surface area contributed by atoms with Gasteiger partial charge in [-0.05, 0) is 32.1 Å². The fraction of sp³-hybridized carbons (Fsp3) is 0.923. The Bertz CT molecular complexity index is 564. The highest BCUT2D eigenvalue weighted by Crippen LogP contribution is 2.41. The van der Waals surface area contributed by atoms with E-state index in [2.05, 4.69) is 38.0 Å². The molecule has 2 rings (SSSR count). The summed E-state index contributed by atoms with van der Waals surface area (Å²) in [6.45, 7) is 9.10. The smallest absolute Gasteiger partial charge is 0.129 e. The average molecular weight is 453 g/mol. The first-order valence-corrected chi connectivity index (χ1v) is 16.4. The molecule has 4 nitrogen and oxygen atoms in total. The molecule has 180 valence electrons. The molecule has 0 aliphatic carbocycles. The molecule has 5 heteroatoms. The van der Waals surface area contributed by atoms with Gasteiger partial charge in [-0.2, -0.15) is 0 Å². The van der Waals surface area contributed by atoms with Crippen LogP contribution in [0.4, 0.5) is 0 Å². The molecule has 2 heterocycles. The van der Waals surface area contributed by atoms with Crippen LogP contribution in [0.3, 0.4) is 0 Å². The van der Waals surface area contributed by atoms with E-state index in [4.69, 9.17) is 9.47 Å². The van der Waals surface area contributed by atoms with Gasteiger partial charge in [0.05, 0.1) is 31.0 Å². The molecule has 0 saturated carbocycles. The zero-order valence-electron chi connectivity index (χ0n) is 20.6. The molecule has 0 unspecified atom stereocenters. The quantitative estimate of drug-likeness (QED) is 0.217. The maximum absolute atomic E-state index is 11.2. The summed E-state index contributed by atoms with van der Waals surface area (Å²) in [5, 5.41) is 20.6. The highest BCUT2D eigenvalue weighted by molar-refractivity contribution is 6.83. The zero-order chi connectivity index (χ0) is 22.7. The van der Waals surface area contributed by atoms with Gasteiger partial charge in [0.2, 0.25) is 0 Å². The second-order valence-electron chi connectivity index (χ2n) is 10.8. The van der Waals surface area contributed by atoms with Crippen molar-refractivity contribution >= 4 is 8.07 Å². The van der Waals surface area contributed by atoms with Crippen LogP contribution in [0.2, 0.25) is 19.6 Å². The van der Waals surface area contributed by atoms with Crippen LogP contribution in [0.5, 0.6) is 0 Å². The first kappa shape index (κ1) is 26.9. The van der Waals surface area contributed by atoms with Crippen LogP contribution in [0, 0.1) is 11.5 Å². The van der Waals surface area contributed by atoms with Gasteiger partial charge in [0.15, 0.2) is 0 Å². The molecule has 0 aromatic rings. The molecule has 31 heavy (non-hydrogen) atoms. The van der Waals surface area contributed by atoms with E-state index in [-0.39, 0.29) is 24.9 Å². The number of aliphatic hydroxyl groups is 2. The highest BCUT2D eigenvalue weighted by Gasteiger charge is 2.48. The van der Waals surface area contributed by atoms with Crippen molar-refractivity contribution < 1.29 is 19.7 Å². The molecule has 2 saturated heterocycles. The van der Waals surface area contributed by atoms with Crippen LogP contribution < -0.4 is 0 Å². The Labute approximate surface area is 192 Å². The van der Waals surface area contributed by atoms with Crippen molar-refractivity contribution in [1.29, 1.82) is 0 Å². The van der Waals surface area contributed by atoms with Crippen LogP contribution in [-0.2, 0) is 9.47 Å². The lowest BCUT2D eigenvalue weighted by Gasteiger charge is -2.34. The fourth-order valence-corrected chi connectivity index (χ4v) is 5.51. The maximum atomic E-state index is 11.2. The van der Waals surface area contributed by atoms with Crippen LogP contribution in [-0.4, -0.2) is 54.9 Å². The normalized spacial score (nSPS) is 29.7. The molecule has 0 radical (unpaired) electrons. The summed E-state index contributed by atoms with van der Waals surface area (Å²) in [5.41, 5.74) is 2.91. The number of hydrogen-bond donors (Lipinski definition) is 2. The predicted molar refractivity (Wildman–Crippen MR) is 131 cm³/mol. The predicted octanol–water partition coefficient (Wildman–Crippen LogP) is 5.61. The first-order chi connectivity index (χ1) is 14.8. The van der Waals surface area contributed by atoms with E-state index in [1.165, 1.54) is 44.9 Å². The molecule has 0 amide bonds. The first-order valence-electron chi connectivity index (χ1n) is 12.9. The second-order valence-corrected chi connectivity index (χ2v) is 15.6. The number of ether oxygens (including phenoxy) is 2. The van der Waals surface area contributed by atoms with E-state index < -0.39 is 19.8 Å². The zero-order valence-corrected chi connectivity index (χ0v) is 21.6. The monoisotopic (exact) mass is 452 g/mol. The number of aliphatic hydroxyl groups excluding tert-OH is 2. The minimum atomic E-state index is -1.45. The summed E-state index contributed by atoms with van der Waals surface area (Å²) >= 11 is 0. The van der Waals surface area contributed by atoms with E-state index in [0.29, 0.717) is 6.42 Å². The minimum Gasteiger partial charge on any atom is -0.394 e. The van der Waals surface area contributed by atoms with Gasteiger partial charge in [0.1, 0.15) is 13.7 Å². The summed E-state index contributed by atoms with van der Waals surface area (Å²) in [7, 11) is -1.45. The van der Waals surface area contributed by atoms with E-state index >= 15 is 0 Å². The van der Waals surface area contributed by atoms with Crippen molar-refractivity contribution in [3.8, 4) is 11.5 Å². The van der Waals surface area contributed by atoms with Crippen LogP contribution in [0.15, 0.2) is 0 Å². The largest absolute Gasteiger partial charge is 0.394 e. The Morgan fingerprint density at radius 1 is 0.968 bits per heavy atom. The van der Waals surface area contributed by atoms with Crippen molar-refractivity contribution in [3.05, 3.63) is 0 Å². The molecule has 0 aromatic heterocycles. The topological polar surface area (TPSA) is 58.9 Å². The molecule has 0 aromatic carbocycles. The van der Waals surface area contributed by atoms with E-state index in [0.717, 1.165) is 38.5 Å². The van der Waals surface area contributed by atoms with Crippen LogP contribution in [0.1, 0.15) is 96.8 Å². The minimum absolute atomic E-state index is 0.0125. The second kappa shape index (κ2) is 13.4. The van der Waals surface area contributed by atoms with E-state index in [1.807, 2.05) is 0 Å². The Morgan fingerprint density at radius 2 is 1.65 bits per heavy atom. The molecule has 2 N–H and O–H groups in total. The molecule has 2 aliphatic rings. The molecule has 0 spiro atoms. The summed E-state index contributed by atoms with van der Waals surface area (Å²) in [6.07, 6.45) is 14.7. The van der Waals surface area contributed by atoms with Gasteiger partial charge in [-0.25, -0.2) is 0 Å². The maximum Gasteiger partial charge on any atom is 0.129 e. The summed E-state index contributed by atoms with van der Waals surface area (Å²) in [4.78, 5) is 0. The third-order valence-corrected chi connectivity index (χ3v) is 7.71. The van der Waals surface area contributed by atoms with E-state index in [9.17, 15) is 10.2 Å². The number of rotatable bonds is 13. The highest BCUT2D eigenvalue weighted by atomic mass is 28.3. The molecule has 2 fully saturated rings. The Morgan fingerprint density at radius 3 is 2.26 bits per heavy atom. The Kier molecular flexibility index (Phi) is 11.6. The summed E-state index contributed by atoms with van der Waals surface area (Å²) < 4.78 is 12.6. The van der Waals surface area contributed by atoms with Gasteiger partial charge in [-0.3, -0.25) is 0 Å². The van der Waals surface area contributed by atoms with Gasteiger partial charge in [-0.1, -0.05) is 77.9 Å². The van der Waals surface area contributed by atoms with Gasteiger partial charge in [0.25, 0.3) is 0 Å². The lowest BCUT2D eigenvalue weighted by atomic mass is 9.86. The molecular weight excluding hydrogens is 404 g/mol. The van der Waals surface area contributed by atoms with Gasteiger partial charge in [-0.15, -0.1) is 11.5 Å². The summed E-state index contributed by atoms with van der Waals surface area (Å²) in [5.74, 6) is 3.40. The average Bonchev–Trinajstić information content (AvgIpc) is 3.36. The molecule has 0 bridgehead atoms. The standard InChI is InChI=1S/C26H48O4Si/c1-5-6-7-8-9-10-11-12-14-25(28)26(18-13-20-31(2,3)4)19-17-24(30-26)23-16-15-22(21-27)29-23/h22-25,27-28H,5-12,14-19,21H2,1-4H3/t22-,23-,24-,25-,26-/m1/s1. The molecule has 5 atom stereocenters. The van der Waals surface area contributed by atoms with Crippen LogP contribution in [0.25, 0.3) is 0 Å². The summed E-state index contributed by atoms with van der Waals surface area (Å²) in [6, 6.07) is 0. The third kappa shape index (κ3) is 9.18. The van der Waals surface area contributed by atoms with Crippen molar-refractivity contribution in [2.45, 2.75) is 146 Å².